The molecule has 0 spiro atoms. The van der Waals surface area contributed by atoms with E-state index >= 15 is 0 Å². The Hall–Kier alpha value is -3.43. The fourth-order valence-corrected chi connectivity index (χ4v) is 3.87. The molecule has 1 aliphatic rings. The molecule has 1 aliphatic heterocycles. The number of allylic oxidation sites excluding steroid dienone is 3. The maximum Gasteiger partial charge on any atom is 0.132 e. The fraction of sp³-hybridized carbons (Fsp3) is 0.423. The quantitative estimate of drug-likeness (QED) is 0.189. The second kappa shape index (κ2) is 12.9. The third-order valence-corrected chi connectivity index (χ3v) is 6.01. The van der Waals surface area contributed by atoms with Crippen molar-refractivity contribution in [2.75, 3.05) is 38.2 Å². The molecule has 0 bridgehead atoms. The van der Waals surface area contributed by atoms with E-state index in [-0.39, 0.29) is 5.92 Å². The van der Waals surface area contributed by atoms with Crippen LogP contribution in [0.4, 0.5) is 5.82 Å². The molecule has 2 aromatic rings. The van der Waals surface area contributed by atoms with Crippen LogP contribution in [0, 0.1) is 11.3 Å². The van der Waals surface area contributed by atoms with Crippen LogP contribution in [0.15, 0.2) is 54.3 Å². The van der Waals surface area contributed by atoms with E-state index in [0.717, 1.165) is 61.5 Å². The SMILES string of the molecule is CC(C)C(=C/N)/C=C(\N)Nc1ccc2ncc(/C(C=N)=C/NCCCN3CCOCC3C)cc2n1. The average Bonchev–Trinajstić information content (AvgIpc) is 2.85. The van der Waals surface area contributed by atoms with Gasteiger partial charge < -0.3 is 32.2 Å². The second-order valence-corrected chi connectivity index (χ2v) is 9.02. The lowest BCUT2D eigenvalue weighted by molar-refractivity contribution is -0.000503. The molecule has 1 saturated heterocycles. The zero-order valence-corrected chi connectivity index (χ0v) is 20.9. The van der Waals surface area contributed by atoms with Gasteiger partial charge >= 0.3 is 0 Å². The highest BCUT2D eigenvalue weighted by molar-refractivity contribution is 6.08. The molecule has 3 heterocycles. The Bertz CT molecular complexity index is 1090. The van der Waals surface area contributed by atoms with Crippen LogP contribution in [0.25, 0.3) is 16.6 Å². The van der Waals surface area contributed by atoms with Crippen molar-refractivity contribution >= 4 is 28.6 Å². The number of ether oxygens (including phenoxy) is 1. The van der Waals surface area contributed by atoms with E-state index in [9.17, 15) is 0 Å². The lowest BCUT2D eigenvalue weighted by atomic mass is 10.0. The summed E-state index contributed by atoms with van der Waals surface area (Å²) in [5.74, 6) is 1.34. The van der Waals surface area contributed by atoms with Crippen molar-refractivity contribution in [1.29, 1.82) is 5.41 Å². The molecule has 0 saturated carbocycles. The molecule has 0 amide bonds. The van der Waals surface area contributed by atoms with Gasteiger partial charge in [0, 0.05) is 55.4 Å². The largest absolute Gasteiger partial charge is 0.404 e. The number of nitrogens with zero attached hydrogens (tertiary/aromatic N) is 3. The van der Waals surface area contributed by atoms with E-state index in [4.69, 9.17) is 21.6 Å². The Morgan fingerprint density at radius 2 is 2.17 bits per heavy atom. The van der Waals surface area contributed by atoms with Gasteiger partial charge in [-0.1, -0.05) is 13.8 Å². The summed E-state index contributed by atoms with van der Waals surface area (Å²) in [6, 6.07) is 6.12. The molecule has 35 heavy (non-hydrogen) atoms. The van der Waals surface area contributed by atoms with E-state index in [1.54, 1.807) is 12.4 Å². The molecule has 188 valence electrons. The molecule has 7 N–H and O–H groups in total. The summed E-state index contributed by atoms with van der Waals surface area (Å²) < 4.78 is 5.50. The van der Waals surface area contributed by atoms with Gasteiger partial charge in [-0.25, -0.2) is 4.98 Å². The van der Waals surface area contributed by atoms with Crippen LogP contribution in [0.5, 0.6) is 0 Å². The molecule has 1 atom stereocenters. The van der Waals surface area contributed by atoms with Gasteiger partial charge in [-0.15, -0.1) is 0 Å². The fourth-order valence-electron chi connectivity index (χ4n) is 3.87. The summed E-state index contributed by atoms with van der Waals surface area (Å²) in [5, 5.41) is 14.3. The third-order valence-electron chi connectivity index (χ3n) is 6.01. The molecule has 0 aromatic carbocycles. The lowest BCUT2D eigenvalue weighted by Gasteiger charge is -2.33. The topological polar surface area (TPSA) is 138 Å². The summed E-state index contributed by atoms with van der Waals surface area (Å²) in [7, 11) is 0. The van der Waals surface area contributed by atoms with E-state index in [1.807, 2.05) is 30.5 Å². The van der Waals surface area contributed by atoms with E-state index in [2.05, 4.69) is 46.3 Å². The van der Waals surface area contributed by atoms with Crippen molar-refractivity contribution in [2.45, 2.75) is 33.2 Å². The molecule has 1 unspecified atom stereocenters. The number of fused-ring (bicyclic) bond motifs is 1. The van der Waals surface area contributed by atoms with Crippen molar-refractivity contribution < 1.29 is 4.74 Å². The second-order valence-electron chi connectivity index (χ2n) is 9.02. The molecule has 9 heteroatoms. The van der Waals surface area contributed by atoms with Gasteiger partial charge in [-0.3, -0.25) is 9.88 Å². The van der Waals surface area contributed by atoms with Gasteiger partial charge in [0.25, 0.3) is 0 Å². The number of rotatable bonds is 11. The number of pyridine rings is 2. The first-order valence-electron chi connectivity index (χ1n) is 12.1. The first-order chi connectivity index (χ1) is 16.9. The van der Waals surface area contributed by atoms with Crippen LogP contribution in [0.1, 0.15) is 32.8 Å². The smallest absolute Gasteiger partial charge is 0.132 e. The molecule has 1 fully saturated rings. The molecular weight excluding hydrogens is 440 g/mol. The van der Waals surface area contributed by atoms with Crippen molar-refractivity contribution in [2.24, 2.45) is 17.4 Å². The van der Waals surface area contributed by atoms with Crippen LogP contribution in [-0.2, 0) is 4.74 Å². The highest BCUT2D eigenvalue weighted by Gasteiger charge is 2.17. The van der Waals surface area contributed by atoms with Crippen LogP contribution in [0.2, 0.25) is 0 Å². The molecule has 3 rings (SSSR count). The van der Waals surface area contributed by atoms with Gasteiger partial charge in [0.1, 0.15) is 11.6 Å². The number of nitrogens with one attached hydrogen (secondary N) is 3. The monoisotopic (exact) mass is 478 g/mol. The summed E-state index contributed by atoms with van der Waals surface area (Å²) in [6.45, 7) is 10.8. The van der Waals surface area contributed by atoms with Gasteiger partial charge in [-0.2, -0.15) is 0 Å². The van der Waals surface area contributed by atoms with Crippen molar-refractivity contribution in [3.63, 3.8) is 0 Å². The van der Waals surface area contributed by atoms with E-state index in [1.165, 1.54) is 6.21 Å². The predicted molar refractivity (Wildman–Crippen MR) is 144 cm³/mol. The molecule has 0 radical (unpaired) electrons. The summed E-state index contributed by atoms with van der Waals surface area (Å²) in [4.78, 5) is 11.6. The van der Waals surface area contributed by atoms with Crippen LogP contribution in [-0.4, -0.2) is 60.0 Å². The minimum absolute atomic E-state index is 0.263. The van der Waals surface area contributed by atoms with E-state index < -0.39 is 0 Å². The molecule has 0 aliphatic carbocycles. The zero-order valence-electron chi connectivity index (χ0n) is 20.9. The van der Waals surface area contributed by atoms with Gasteiger partial charge in [0.05, 0.1) is 24.2 Å². The minimum atomic E-state index is 0.263. The Labute approximate surface area is 207 Å². The molecular formula is C26H38N8O. The summed E-state index contributed by atoms with van der Waals surface area (Å²) in [6.07, 6.45) is 9.35. The maximum absolute atomic E-state index is 7.87. The van der Waals surface area contributed by atoms with Crippen LogP contribution in [0.3, 0.4) is 0 Å². The molecule has 9 nitrogen and oxygen atoms in total. The van der Waals surface area contributed by atoms with Gasteiger partial charge in [0.2, 0.25) is 0 Å². The summed E-state index contributed by atoms with van der Waals surface area (Å²) >= 11 is 0. The Balaban J connectivity index is 1.65. The normalized spacial score (nSPS) is 18.2. The number of hydrogen-bond donors (Lipinski definition) is 5. The zero-order chi connectivity index (χ0) is 25.2. The number of nitrogens with two attached hydrogens (primary N) is 2. The number of aromatic nitrogens is 2. The standard InChI is InChI=1S/C26H38N8O/c1-18(2)20(13-27)12-25(29)33-26-6-5-23-24(32-26)11-21(16-31-23)22(14-28)15-30-7-4-8-34-9-10-35-17-19(34)3/h5-6,11-16,18-19,28,30H,4,7-10,17,27,29H2,1-3H3,(H,32,33)/b20-13+,22-15+,25-12+,28-14?. The first-order valence-corrected chi connectivity index (χ1v) is 12.1. The van der Waals surface area contributed by atoms with Gasteiger partial charge in [-0.05, 0) is 55.3 Å². The summed E-state index contributed by atoms with van der Waals surface area (Å²) in [5.41, 5.74) is 15.8. The Kier molecular flexibility index (Phi) is 9.63. The lowest BCUT2D eigenvalue weighted by Crippen LogP contribution is -2.44. The third kappa shape index (κ3) is 7.53. The predicted octanol–water partition coefficient (Wildman–Crippen LogP) is 3.03. The first kappa shape index (κ1) is 26.2. The average molecular weight is 479 g/mol. The number of hydrogen-bond acceptors (Lipinski definition) is 9. The highest BCUT2D eigenvalue weighted by atomic mass is 16.5. The van der Waals surface area contributed by atoms with Gasteiger partial charge in [0.15, 0.2) is 0 Å². The minimum Gasteiger partial charge on any atom is -0.404 e. The maximum atomic E-state index is 7.87. The Morgan fingerprint density at radius 1 is 1.34 bits per heavy atom. The van der Waals surface area contributed by atoms with E-state index in [0.29, 0.717) is 23.2 Å². The van der Waals surface area contributed by atoms with Crippen molar-refractivity contribution in [1.82, 2.24) is 20.2 Å². The molecule has 2 aromatic heterocycles. The number of anilines is 1. The highest BCUT2D eigenvalue weighted by Crippen LogP contribution is 2.19. The van der Waals surface area contributed by atoms with Crippen LogP contribution >= 0.6 is 0 Å². The van der Waals surface area contributed by atoms with Crippen LogP contribution < -0.4 is 22.1 Å². The Morgan fingerprint density at radius 3 is 2.89 bits per heavy atom. The van der Waals surface area contributed by atoms with Crippen molar-refractivity contribution in [3.05, 3.63) is 59.8 Å². The van der Waals surface area contributed by atoms with Crippen molar-refractivity contribution in [3.8, 4) is 0 Å². The number of morpholine rings is 1.